The van der Waals surface area contributed by atoms with Crippen LogP contribution in [0.2, 0.25) is 0 Å². The maximum atomic E-state index is 11.4. The van der Waals surface area contributed by atoms with Crippen molar-refractivity contribution in [3.63, 3.8) is 0 Å². The Morgan fingerprint density at radius 3 is 2.62 bits per heavy atom. The van der Waals surface area contributed by atoms with Crippen molar-refractivity contribution < 1.29 is 29.6 Å². The zero-order chi connectivity index (χ0) is 12.1. The minimum Gasteiger partial charge on any atom is -0.455 e. The summed E-state index contributed by atoms with van der Waals surface area (Å²) in [6.07, 6.45) is -5.41. The van der Waals surface area contributed by atoms with E-state index in [2.05, 4.69) is 0 Å². The first-order valence-corrected chi connectivity index (χ1v) is 5.02. The second-order valence-corrected chi connectivity index (χ2v) is 4.41. The molecule has 7 nitrogen and oxygen atoms in total. The van der Waals surface area contributed by atoms with Gasteiger partial charge in [-0.2, -0.15) is 0 Å². The van der Waals surface area contributed by atoms with E-state index in [0.29, 0.717) is 0 Å². The normalized spacial score (nSPS) is 52.3. The van der Waals surface area contributed by atoms with Crippen LogP contribution in [0.5, 0.6) is 0 Å². The third kappa shape index (κ3) is 1.44. The van der Waals surface area contributed by atoms with Gasteiger partial charge >= 0.3 is 5.97 Å². The Hall–Kier alpha value is -0.730. The molecule has 0 radical (unpaired) electrons. The summed E-state index contributed by atoms with van der Waals surface area (Å²) >= 11 is 0. The zero-order valence-electron chi connectivity index (χ0n) is 8.74. The van der Waals surface area contributed by atoms with E-state index in [1.54, 1.807) is 0 Å². The first-order valence-electron chi connectivity index (χ1n) is 5.02. The van der Waals surface area contributed by atoms with Crippen LogP contribution in [0.3, 0.4) is 0 Å². The maximum Gasteiger partial charge on any atom is 0.329 e. The van der Waals surface area contributed by atoms with Gasteiger partial charge in [-0.3, -0.25) is 0 Å². The summed E-state index contributed by atoms with van der Waals surface area (Å²) in [7, 11) is 0. The molecule has 7 heteroatoms. The molecular formula is C9H15NO6. The number of hydrogen-bond acceptors (Lipinski definition) is 7. The minimum absolute atomic E-state index is 0.467. The van der Waals surface area contributed by atoms with Gasteiger partial charge in [0.25, 0.3) is 0 Å². The maximum absolute atomic E-state index is 11.4. The van der Waals surface area contributed by atoms with Crippen LogP contribution in [-0.2, 0) is 14.3 Å². The standard InChI is InChI=1S/C9H15NO6/c1-9(10)7-6(16-8(9)14)5(13)4(12)3(2-11)15-7/h3-7,11-13H,2,10H2,1H3/t3-,4-,5-,6+,7-,9-/m1/s1. The van der Waals surface area contributed by atoms with E-state index in [-0.39, 0.29) is 0 Å². The smallest absolute Gasteiger partial charge is 0.329 e. The molecular weight excluding hydrogens is 218 g/mol. The van der Waals surface area contributed by atoms with Crippen LogP contribution in [0.15, 0.2) is 0 Å². The van der Waals surface area contributed by atoms with Crippen molar-refractivity contribution in [2.24, 2.45) is 5.73 Å². The van der Waals surface area contributed by atoms with Crippen LogP contribution in [-0.4, -0.2) is 64.0 Å². The molecule has 0 bridgehead atoms. The molecule has 0 unspecified atom stereocenters. The molecule has 0 amide bonds. The van der Waals surface area contributed by atoms with E-state index in [4.69, 9.17) is 20.3 Å². The third-order valence-corrected chi connectivity index (χ3v) is 3.14. The Morgan fingerprint density at radius 1 is 1.44 bits per heavy atom. The van der Waals surface area contributed by atoms with Crippen molar-refractivity contribution in [1.29, 1.82) is 0 Å². The highest BCUT2D eigenvalue weighted by Gasteiger charge is 2.60. The molecule has 5 N–H and O–H groups in total. The summed E-state index contributed by atoms with van der Waals surface area (Å²) in [6.45, 7) is 0.963. The molecule has 2 saturated heterocycles. The highest BCUT2D eigenvalue weighted by molar-refractivity contribution is 5.83. The van der Waals surface area contributed by atoms with Crippen LogP contribution in [0.1, 0.15) is 6.92 Å². The molecule has 0 aromatic carbocycles. The lowest BCUT2D eigenvalue weighted by Gasteiger charge is -2.40. The molecule has 2 aliphatic heterocycles. The molecule has 0 spiro atoms. The molecule has 0 saturated carbocycles. The SMILES string of the molecule is C[C@]1(N)C(=O)O[C@H]2[C@H](O)[C@H](O)[C@@H](CO)O[C@H]21. The van der Waals surface area contributed by atoms with Crippen LogP contribution in [0.4, 0.5) is 0 Å². The van der Waals surface area contributed by atoms with Crippen LogP contribution >= 0.6 is 0 Å². The molecule has 16 heavy (non-hydrogen) atoms. The van der Waals surface area contributed by atoms with Crippen LogP contribution in [0.25, 0.3) is 0 Å². The Kier molecular flexibility index (Phi) is 2.67. The lowest BCUT2D eigenvalue weighted by atomic mass is 9.87. The summed E-state index contributed by atoms with van der Waals surface area (Å²) in [4.78, 5) is 11.4. The molecule has 0 aromatic heterocycles. The highest BCUT2D eigenvalue weighted by atomic mass is 16.6. The molecule has 0 aromatic rings. The fourth-order valence-electron chi connectivity index (χ4n) is 2.07. The van der Waals surface area contributed by atoms with Gasteiger partial charge in [-0.25, -0.2) is 4.79 Å². The Morgan fingerprint density at radius 2 is 2.06 bits per heavy atom. The summed E-state index contributed by atoms with van der Waals surface area (Å²) < 4.78 is 10.2. The number of aliphatic hydroxyl groups is 3. The van der Waals surface area contributed by atoms with Gasteiger partial charge in [0.05, 0.1) is 6.61 Å². The molecule has 2 heterocycles. The average molecular weight is 233 g/mol. The van der Waals surface area contributed by atoms with E-state index >= 15 is 0 Å². The van der Waals surface area contributed by atoms with Crippen molar-refractivity contribution in [3.8, 4) is 0 Å². The quantitative estimate of drug-likeness (QED) is 0.358. The van der Waals surface area contributed by atoms with Crippen LogP contribution < -0.4 is 5.73 Å². The third-order valence-electron chi connectivity index (χ3n) is 3.14. The largest absolute Gasteiger partial charge is 0.455 e. The van der Waals surface area contributed by atoms with Crippen molar-refractivity contribution in [2.75, 3.05) is 6.61 Å². The Labute approximate surface area is 91.8 Å². The lowest BCUT2D eigenvalue weighted by Crippen LogP contribution is -2.63. The molecule has 2 rings (SSSR count). The number of esters is 1. The fraction of sp³-hybridized carbons (Fsp3) is 0.889. The van der Waals surface area contributed by atoms with Gasteiger partial charge in [-0.05, 0) is 6.92 Å². The first kappa shape index (κ1) is 11.7. The highest BCUT2D eigenvalue weighted by Crippen LogP contribution is 2.35. The fourth-order valence-corrected chi connectivity index (χ4v) is 2.07. The monoisotopic (exact) mass is 233 g/mol. The predicted molar refractivity (Wildman–Crippen MR) is 50.2 cm³/mol. The van der Waals surface area contributed by atoms with Crippen molar-refractivity contribution in [2.45, 2.75) is 43.0 Å². The number of aliphatic hydroxyl groups excluding tert-OH is 3. The van der Waals surface area contributed by atoms with Gasteiger partial charge in [-0.15, -0.1) is 0 Å². The summed E-state index contributed by atoms with van der Waals surface area (Å²) in [6, 6.07) is 0. The number of rotatable bonds is 1. The molecule has 2 aliphatic rings. The number of nitrogens with two attached hydrogens (primary N) is 1. The van der Waals surface area contributed by atoms with E-state index < -0.39 is 48.6 Å². The summed E-state index contributed by atoms with van der Waals surface area (Å²) in [5.41, 5.74) is 4.35. The lowest BCUT2D eigenvalue weighted by molar-refractivity contribution is -0.220. The molecule has 2 fully saturated rings. The summed E-state index contributed by atoms with van der Waals surface area (Å²) in [5, 5.41) is 28.3. The van der Waals surface area contributed by atoms with Gasteiger partial charge in [0, 0.05) is 0 Å². The zero-order valence-corrected chi connectivity index (χ0v) is 8.74. The molecule has 0 aliphatic carbocycles. The van der Waals surface area contributed by atoms with E-state index in [1.807, 2.05) is 0 Å². The Balaban J connectivity index is 2.27. The van der Waals surface area contributed by atoms with Crippen LogP contribution in [0, 0.1) is 0 Å². The Bertz CT molecular complexity index is 306. The van der Waals surface area contributed by atoms with Gasteiger partial charge in [-0.1, -0.05) is 0 Å². The first-order chi connectivity index (χ1) is 7.39. The topological polar surface area (TPSA) is 122 Å². The molecule has 6 atom stereocenters. The number of carbonyl (C=O) groups is 1. The van der Waals surface area contributed by atoms with Gasteiger partial charge in [0.1, 0.15) is 30.0 Å². The molecule has 92 valence electrons. The van der Waals surface area contributed by atoms with Crippen molar-refractivity contribution in [1.82, 2.24) is 0 Å². The minimum atomic E-state index is -1.38. The van der Waals surface area contributed by atoms with E-state index in [0.717, 1.165) is 0 Å². The van der Waals surface area contributed by atoms with Gasteiger partial charge in [0.2, 0.25) is 0 Å². The van der Waals surface area contributed by atoms with E-state index in [9.17, 15) is 15.0 Å². The number of hydrogen-bond donors (Lipinski definition) is 4. The number of fused-ring (bicyclic) bond motifs is 1. The number of ether oxygens (including phenoxy) is 2. The van der Waals surface area contributed by atoms with Gasteiger partial charge < -0.3 is 30.5 Å². The predicted octanol–water partition coefficient (Wildman–Crippen LogP) is -2.89. The second-order valence-electron chi connectivity index (χ2n) is 4.41. The average Bonchev–Trinajstić information content (AvgIpc) is 2.45. The second kappa shape index (κ2) is 3.64. The van der Waals surface area contributed by atoms with E-state index in [1.165, 1.54) is 6.92 Å². The van der Waals surface area contributed by atoms with Crippen molar-refractivity contribution in [3.05, 3.63) is 0 Å². The summed E-state index contributed by atoms with van der Waals surface area (Å²) in [5.74, 6) is -0.688. The number of carbonyl (C=O) groups excluding carboxylic acids is 1. The van der Waals surface area contributed by atoms with Crippen molar-refractivity contribution >= 4 is 5.97 Å². The van der Waals surface area contributed by atoms with Gasteiger partial charge in [0.15, 0.2) is 6.10 Å².